The van der Waals surface area contributed by atoms with Gasteiger partial charge in [0.2, 0.25) is 0 Å². The van der Waals surface area contributed by atoms with E-state index >= 15 is 0 Å². The second kappa shape index (κ2) is 10.5. The Morgan fingerprint density at radius 1 is 1.00 bits per heavy atom. The Labute approximate surface area is 216 Å². The fourth-order valence-corrected chi connectivity index (χ4v) is 5.38. The van der Waals surface area contributed by atoms with E-state index in [1.807, 2.05) is 56.4 Å². The predicted octanol–water partition coefficient (Wildman–Crippen LogP) is 6.44. The Morgan fingerprint density at radius 2 is 1.63 bits per heavy atom. The Bertz CT molecular complexity index is 1250. The lowest BCUT2D eigenvalue weighted by Crippen LogP contribution is -2.50. The van der Waals surface area contributed by atoms with Crippen LogP contribution in [0.1, 0.15) is 42.0 Å². The molecule has 3 atom stereocenters. The van der Waals surface area contributed by atoms with Crippen LogP contribution in [0.4, 0.5) is 31.1 Å². The summed E-state index contributed by atoms with van der Waals surface area (Å²) in [5, 5.41) is 4.01. The van der Waals surface area contributed by atoms with Crippen molar-refractivity contribution >= 4 is 16.9 Å². The normalized spacial score (nSPS) is 19.4. The first kappa shape index (κ1) is 27.8. The van der Waals surface area contributed by atoms with Crippen molar-refractivity contribution in [1.29, 1.82) is 0 Å². The average molecular weight is 541 g/mol. The molecule has 1 saturated heterocycles. The number of aromatic nitrogens is 1. The standard InChI is InChI=1S/C27H30F6N4O/c1-4-24(36(2)3)37-23(10-9-16-11-18(26(28,29)30)14-19(12-16)27(31,32)33)22(35-25(37)38)13-17-15-34-21-8-6-5-7-20(17)21/h5-8,11-12,14-15,22-24,34H,4,9-10,13H2,1-3H3,(H,35,38). The van der Waals surface area contributed by atoms with Crippen LogP contribution in [0.2, 0.25) is 0 Å². The monoisotopic (exact) mass is 540 g/mol. The van der Waals surface area contributed by atoms with Crippen molar-refractivity contribution in [3.63, 3.8) is 0 Å². The van der Waals surface area contributed by atoms with E-state index in [-0.39, 0.29) is 42.7 Å². The number of benzene rings is 2. The predicted molar refractivity (Wildman–Crippen MR) is 132 cm³/mol. The van der Waals surface area contributed by atoms with Crippen molar-refractivity contribution < 1.29 is 31.1 Å². The largest absolute Gasteiger partial charge is 0.416 e. The lowest BCUT2D eigenvalue weighted by molar-refractivity contribution is -0.143. The second-order valence-corrected chi connectivity index (χ2v) is 9.90. The first-order chi connectivity index (χ1) is 17.8. The number of alkyl halides is 6. The number of rotatable bonds is 8. The van der Waals surface area contributed by atoms with Crippen LogP contribution in [0.5, 0.6) is 0 Å². The van der Waals surface area contributed by atoms with Gasteiger partial charge in [0, 0.05) is 17.1 Å². The van der Waals surface area contributed by atoms with Gasteiger partial charge in [-0.3, -0.25) is 4.90 Å². The topological polar surface area (TPSA) is 51.4 Å². The SMILES string of the molecule is CCC(N(C)C)N1C(=O)NC(Cc2c[nH]c3ccccc23)C1CCc1cc(C(F)(F)F)cc(C(F)(F)F)c1. The molecule has 0 bridgehead atoms. The molecule has 3 aromatic rings. The molecule has 2 N–H and O–H groups in total. The maximum atomic E-state index is 13.4. The van der Waals surface area contributed by atoms with E-state index in [1.54, 1.807) is 4.90 Å². The van der Waals surface area contributed by atoms with E-state index in [4.69, 9.17) is 0 Å². The van der Waals surface area contributed by atoms with Crippen LogP contribution < -0.4 is 5.32 Å². The molecule has 1 aliphatic heterocycles. The van der Waals surface area contributed by atoms with Gasteiger partial charge in [0.05, 0.1) is 29.4 Å². The summed E-state index contributed by atoms with van der Waals surface area (Å²) in [5.41, 5.74) is -0.849. The smallest absolute Gasteiger partial charge is 0.361 e. The number of fused-ring (bicyclic) bond motifs is 1. The number of nitrogens with one attached hydrogen (secondary N) is 2. The summed E-state index contributed by atoms with van der Waals surface area (Å²) < 4.78 is 80.4. The Balaban J connectivity index is 1.67. The number of nitrogens with zero attached hydrogens (tertiary/aromatic N) is 2. The van der Waals surface area contributed by atoms with E-state index < -0.39 is 29.5 Å². The molecule has 1 aliphatic rings. The molecule has 38 heavy (non-hydrogen) atoms. The number of carbonyl (C=O) groups excluding carboxylic acids is 1. The first-order valence-corrected chi connectivity index (χ1v) is 12.4. The first-order valence-electron chi connectivity index (χ1n) is 12.4. The van der Waals surface area contributed by atoms with Crippen molar-refractivity contribution in [3.05, 3.63) is 70.9 Å². The molecule has 2 aromatic carbocycles. The highest BCUT2D eigenvalue weighted by Crippen LogP contribution is 2.37. The number of carbonyl (C=O) groups is 1. The van der Waals surface area contributed by atoms with Crippen LogP contribution in [0.25, 0.3) is 10.9 Å². The Hall–Kier alpha value is -3.21. The number of halogens is 6. The summed E-state index contributed by atoms with van der Waals surface area (Å²) in [5.74, 6) is 0. The Kier molecular flexibility index (Phi) is 7.69. The van der Waals surface area contributed by atoms with Crippen LogP contribution in [-0.4, -0.2) is 53.2 Å². The van der Waals surface area contributed by atoms with Gasteiger partial charge < -0.3 is 15.2 Å². The van der Waals surface area contributed by atoms with Gasteiger partial charge in [0.1, 0.15) is 0 Å². The van der Waals surface area contributed by atoms with Gasteiger partial charge >= 0.3 is 18.4 Å². The molecule has 0 spiro atoms. The summed E-state index contributed by atoms with van der Waals surface area (Å²) in [6.45, 7) is 1.92. The summed E-state index contributed by atoms with van der Waals surface area (Å²) in [7, 11) is 3.65. The molecule has 2 heterocycles. The van der Waals surface area contributed by atoms with E-state index in [0.717, 1.165) is 28.6 Å². The van der Waals surface area contributed by atoms with E-state index in [0.29, 0.717) is 12.8 Å². The number of hydrogen-bond donors (Lipinski definition) is 2. The van der Waals surface area contributed by atoms with E-state index in [2.05, 4.69) is 10.3 Å². The molecular formula is C27H30F6N4O. The third-order valence-electron chi connectivity index (χ3n) is 7.14. The van der Waals surface area contributed by atoms with Crippen LogP contribution in [0.3, 0.4) is 0 Å². The molecule has 1 fully saturated rings. The molecule has 206 valence electrons. The van der Waals surface area contributed by atoms with Gasteiger partial charge in [-0.2, -0.15) is 26.3 Å². The number of urea groups is 1. The van der Waals surface area contributed by atoms with Crippen LogP contribution in [0.15, 0.2) is 48.7 Å². The van der Waals surface area contributed by atoms with Crippen molar-refractivity contribution in [2.75, 3.05) is 14.1 Å². The highest BCUT2D eigenvalue weighted by molar-refractivity contribution is 5.83. The Morgan fingerprint density at radius 3 is 2.21 bits per heavy atom. The number of para-hydroxylation sites is 1. The molecule has 4 rings (SSSR count). The van der Waals surface area contributed by atoms with Crippen molar-refractivity contribution in [3.8, 4) is 0 Å². The fraction of sp³-hybridized carbons (Fsp3) is 0.444. The zero-order valence-electron chi connectivity index (χ0n) is 21.2. The van der Waals surface area contributed by atoms with Gasteiger partial charge in [-0.1, -0.05) is 25.1 Å². The quantitative estimate of drug-likeness (QED) is 0.323. The highest BCUT2D eigenvalue weighted by atomic mass is 19.4. The van der Waals surface area contributed by atoms with Gasteiger partial charge in [-0.05, 0) is 75.2 Å². The number of amides is 2. The average Bonchev–Trinajstić information content (AvgIpc) is 3.37. The number of aromatic amines is 1. The van der Waals surface area contributed by atoms with Crippen molar-refractivity contribution in [2.24, 2.45) is 0 Å². The van der Waals surface area contributed by atoms with Gasteiger partial charge in [0.15, 0.2) is 0 Å². The molecule has 2 amide bonds. The molecule has 0 saturated carbocycles. The third-order valence-corrected chi connectivity index (χ3v) is 7.14. The van der Waals surface area contributed by atoms with E-state index in [9.17, 15) is 31.1 Å². The molecular weight excluding hydrogens is 510 g/mol. The summed E-state index contributed by atoms with van der Waals surface area (Å²) in [4.78, 5) is 19.9. The van der Waals surface area contributed by atoms with Gasteiger partial charge in [-0.15, -0.1) is 0 Å². The molecule has 11 heteroatoms. The maximum absolute atomic E-state index is 13.4. The van der Waals surface area contributed by atoms with Crippen LogP contribution >= 0.6 is 0 Å². The number of H-pyrrole nitrogens is 1. The number of aryl methyl sites for hydroxylation is 1. The van der Waals surface area contributed by atoms with Crippen molar-refractivity contribution in [1.82, 2.24) is 20.1 Å². The fourth-order valence-electron chi connectivity index (χ4n) is 5.38. The van der Waals surface area contributed by atoms with Crippen LogP contribution in [0, 0.1) is 0 Å². The van der Waals surface area contributed by atoms with E-state index in [1.165, 1.54) is 0 Å². The minimum absolute atomic E-state index is 0.0582. The molecule has 5 nitrogen and oxygen atoms in total. The molecule has 3 unspecified atom stereocenters. The lowest BCUT2D eigenvalue weighted by atomic mass is 9.93. The summed E-state index contributed by atoms with van der Waals surface area (Å²) in [6.07, 6.45) is -7.07. The van der Waals surface area contributed by atoms with Crippen molar-refractivity contribution in [2.45, 2.75) is 63.2 Å². The van der Waals surface area contributed by atoms with Gasteiger partial charge in [0.25, 0.3) is 0 Å². The zero-order valence-corrected chi connectivity index (χ0v) is 21.2. The minimum Gasteiger partial charge on any atom is -0.361 e. The summed E-state index contributed by atoms with van der Waals surface area (Å²) >= 11 is 0. The molecule has 1 aromatic heterocycles. The summed E-state index contributed by atoms with van der Waals surface area (Å²) in [6, 6.07) is 8.22. The molecule has 0 aliphatic carbocycles. The van der Waals surface area contributed by atoms with Gasteiger partial charge in [-0.25, -0.2) is 4.79 Å². The number of hydrogen-bond acceptors (Lipinski definition) is 2. The second-order valence-electron chi connectivity index (χ2n) is 9.90. The zero-order chi connectivity index (χ0) is 27.8. The lowest BCUT2D eigenvalue weighted by Gasteiger charge is -2.37. The van der Waals surface area contributed by atoms with Crippen LogP contribution in [-0.2, 0) is 25.2 Å². The molecule has 0 radical (unpaired) electrons. The third kappa shape index (κ3) is 5.77. The highest BCUT2D eigenvalue weighted by Gasteiger charge is 2.43. The maximum Gasteiger partial charge on any atom is 0.416 e. The minimum atomic E-state index is -4.91.